The number of hydrogen-bond acceptors (Lipinski definition) is 7. The number of carbonyl (C=O) groups is 2. The molecule has 11 nitrogen and oxygen atoms in total. The molecule has 1 aliphatic heterocycles. The Morgan fingerprint density at radius 3 is 2.49 bits per heavy atom. The summed E-state index contributed by atoms with van der Waals surface area (Å²) in [6.45, 7) is 0.769. The Bertz CT molecular complexity index is 1040. The topological polar surface area (TPSA) is 142 Å². The summed E-state index contributed by atoms with van der Waals surface area (Å²) >= 11 is 0. The third-order valence-corrected chi connectivity index (χ3v) is 7.66. The van der Waals surface area contributed by atoms with E-state index in [-0.39, 0.29) is 31.1 Å². The molecule has 0 aromatic carbocycles. The predicted molar refractivity (Wildman–Crippen MR) is 130 cm³/mol. The van der Waals surface area contributed by atoms with Crippen LogP contribution in [0.2, 0.25) is 0 Å². The summed E-state index contributed by atoms with van der Waals surface area (Å²) in [5, 5.41) is 6.29. The highest BCUT2D eigenvalue weighted by molar-refractivity contribution is 5.82. The van der Waals surface area contributed by atoms with Crippen molar-refractivity contribution in [2.24, 2.45) is 11.7 Å². The first-order valence-electron chi connectivity index (χ1n) is 12.9. The second-order valence-electron chi connectivity index (χ2n) is 10.0. The van der Waals surface area contributed by atoms with Gasteiger partial charge < -0.3 is 21.1 Å². The highest BCUT2D eigenvalue weighted by atomic mass is 16.5. The van der Waals surface area contributed by atoms with Crippen LogP contribution in [-0.4, -0.2) is 58.1 Å². The maximum atomic E-state index is 13.4. The van der Waals surface area contributed by atoms with Gasteiger partial charge in [-0.3, -0.25) is 4.79 Å². The van der Waals surface area contributed by atoms with Crippen molar-refractivity contribution in [1.29, 1.82) is 0 Å². The number of hydrogen-bond donors (Lipinski definition) is 3. The molecule has 35 heavy (non-hydrogen) atoms. The van der Waals surface area contributed by atoms with Crippen molar-refractivity contribution in [1.82, 2.24) is 24.6 Å². The Morgan fingerprint density at radius 1 is 1.09 bits per heavy atom. The van der Waals surface area contributed by atoms with E-state index in [1.165, 1.54) is 18.2 Å². The first-order chi connectivity index (χ1) is 16.9. The molecule has 0 spiro atoms. The van der Waals surface area contributed by atoms with Gasteiger partial charge in [-0.2, -0.15) is 0 Å². The third kappa shape index (κ3) is 5.61. The van der Waals surface area contributed by atoms with E-state index in [0.29, 0.717) is 12.5 Å². The van der Waals surface area contributed by atoms with Gasteiger partial charge >= 0.3 is 17.3 Å². The van der Waals surface area contributed by atoms with Crippen molar-refractivity contribution in [2.45, 2.75) is 88.5 Å². The van der Waals surface area contributed by atoms with Crippen LogP contribution in [0.4, 0.5) is 0 Å². The van der Waals surface area contributed by atoms with Crippen molar-refractivity contribution >= 4 is 11.9 Å². The highest BCUT2D eigenvalue weighted by Crippen LogP contribution is 2.23. The predicted octanol–water partition coefficient (Wildman–Crippen LogP) is 0.193. The fraction of sp³-hybridized carbons (Fsp3) is 0.750. The monoisotopic (exact) mass is 490 g/mol. The van der Waals surface area contributed by atoms with Crippen molar-refractivity contribution in [3.05, 3.63) is 33.1 Å². The Morgan fingerprint density at radius 2 is 1.80 bits per heavy atom. The highest BCUT2D eigenvalue weighted by Gasteiger charge is 2.34. The van der Waals surface area contributed by atoms with Gasteiger partial charge in [0.25, 0.3) is 0 Å². The molecule has 3 aliphatic rings. The first kappa shape index (κ1) is 25.4. The Hall–Kier alpha value is -2.66. The van der Waals surface area contributed by atoms with Gasteiger partial charge in [-0.25, -0.2) is 28.3 Å². The van der Waals surface area contributed by atoms with Gasteiger partial charge in [0, 0.05) is 25.2 Å². The molecular formula is C24H38N6O5. The zero-order valence-electron chi connectivity index (χ0n) is 20.5. The fourth-order valence-corrected chi connectivity index (χ4v) is 5.53. The number of esters is 1. The average molecular weight is 491 g/mol. The van der Waals surface area contributed by atoms with Crippen LogP contribution in [0.5, 0.6) is 0 Å². The normalized spacial score (nSPS) is 25.6. The number of methoxy groups -OCH3 is 1. The second kappa shape index (κ2) is 11.4. The van der Waals surface area contributed by atoms with Crippen LogP contribution in [0.25, 0.3) is 0 Å². The summed E-state index contributed by atoms with van der Waals surface area (Å²) in [5.74, 6) is -0.663. The van der Waals surface area contributed by atoms with Crippen LogP contribution in [0, 0.1) is 5.92 Å². The van der Waals surface area contributed by atoms with Crippen LogP contribution >= 0.6 is 0 Å². The molecular weight excluding hydrogens is 452 g/mol. The molecule has 4 N–H and O–H groups in total. The Labute approximate surface area is 204 Å². The van der Waals surface area contributed by atoms with Crippen LogP contribution in [0.15, 0.2) is 21.7 Å². The molecule has 2 saturated carbocycles. The number of rotatable bonds is 8. The van der Waals surface area contributed by atoms with E-state index in [4.69, 9.17) is 10.5 Å². The Kier molecular flexibility index (Phi) is 8.27. The van der Waals surface area contributed by atoms with Gasteiger partial charge in [0.15, 0.2) is 12.1 Å². The number of amides is 1. The molecule has 0 bridgehead atoms. The molecule has 2 unspecified atom stereocenters. The van der Waals surface area contributed by atoms with E-state index in [2.05, 4.69) is 10.6 Å². The van der Waals surface area contributed by atoms with E-state index in [1.807, 2.05) is 0 Å². The lowest BCUT2D eigenvalue weighted by Crippen LogP contribution is -2.45. The summed E-state index contributed by atoms with van der Waals surface area (Å²) < 4.78 is 8.25. The Balaban J connectivity index is 1.53. The number of fused-ring (bicyclic) bond motifs is 1. The molecule has 2 aliphatic carbocycles. The number of nitrogens with zero attached hydrogens (tertiary/aromatic N) is 3. The van der Waals surface area contributed by atoms with Crippen molar-refractivity contribution in [3.8, 4) is 0 Å². The van der Waals surface area contributed by atoms with Gasteiger partial charge in [-0.15, -0.1) is 0 Å². The zero-order chi connectivity index (χ0) is 24.9. The van der Waals surface area contributed by atoms with Crippen molar-refractivity contribution in [3.63, 3.8) is 0 Å². The minimum Gasteiger partial charge on any atom is -0.467 e. The smallest absolute Gasteiger partial charge is 0.349 e. The van der Waals surface area contributed by atoms with Crippen molar-refractivity contribution in [2.75, 3.05) is 20.2 Å². The van der Waals surface area contributed by atoms with Gasteiger partial charge in [0.1, 0.15) is 0 Å². The zero-order valence-corrected chi connectivity index (χ0v) is 20.5. The standard InChI is InChI=1S/C24H38N6O5/c1-35-22(32)20(15-26-18-6-3-2-4-7-18)29-23(33)28-13-5-8-19(30(28)24(29)34)21(31)27-14-16-9-11-17(25)12-10-16/h5,8,16-20,26H,2-4,6-7,9-15,25H2,1H3,(H,27,31). The van der Waals surface area contributed by atoms with Crippen LogP contribution in [0.3, 0.4) is 0 Å². The molecule has 194 valence electrons. The summed E-state index contributed by atoms with van der Waals surface area (Å²) in [4.78, 5) is 52.4. The lowest BCUT2D eigenvalue weighted by Gasteiger charge is -2.27. The quantitative estimate of drug-likeness (QED) is 0.349. The number of carbonyl (C=O) groups excluding carboxylic acids is 2. The lowest BCUT2D eigenvalue weighted by molar-refractivity contribution is -0.144. The molecule has 4 rings (SSSR count). The van der Waals surface area contributed by atoms with Crippen LogP contribution in [0.1, 0.15) is 69.9 Å². The summed E-state index contributed by atoms with van der Waals surface area (Å²) in [6.07, 6.45) is 12.5. The molecule has 1 aromatic heterocycles. The van der Waals surface area contributed by atoms with E-state index in [1.54, 1.807) is 12.2 Å². The van der Waals surface area contributed by atoms with Gasteiger partial charge in [0.05, 0.1) is 13.7 Å². The van der Waals surface area contributed by atoms with E-state index in [0.717, 1.165) is 60.6 Å². The molecule has 1 aromatic rings. The maximum absolute atomic E-state index is 13.4. The van der Waals surface area contributed by atoms with Crippen molar-refractivity contribution < 1.29 is 14.3 Å². The average Bonchev–Trinajstić information content (AvgIpc) is 3.14. The molecule has 2 fully saturated rings. The second-order valence-corrected chi connectivity index (χ2v) is 10.0. The fourth-order valence-electron chi connectivity index (χ4n) is 5.53. The SMILES string of the molecule is COC(=O)C(CNC1CCCCC1)n1c(=O)n2n(c1=O)C(C(=O)NCC1CCC(N)CC1)C=CC2. The molecule has 2 heterocycles. The molecule has 0 radical (unpaired) electrons. The first-order valence-corrected chi connectivity index (χ1v) is 12.9. The van der Waals surface area contributed by atoms with E-state index < -0.39 is 29.4 Å². The minimum atomic E-state index is -1.11. The molecule has 1 amide bonds. The van der Waals surface area contributed by atoms with Gasteiger partial charge in [0.2, 0.25) is 5.91 Å². The summed E-state index contributed by atoms with van der Waals surface area (Å²) in [6, 6.07) is -1.60. The van der Waals surface area contributed by atoms with Gasteiger partial charge in [-0.05, 0) is 44.4 Å². The number of allylic oxidation sites excluding steroid dienone is 1. The van der Waals surface area contributed by atoms with Crippen LogP contribution < -0.4 is 27.7 Å². The number of aromatic nitrogens is 3. The minimum absolute atomic E-state index is 0.116. The van der Waals surface area contributed by atoms with Crippen LogP contribution in [-0.2, 0) is 20.9 Å². The number of ether oxygens (including phenoxy) is 1. The third-order valence-electron chi connectivity index (χ3n) is 7.66. The lowest BCUT2D eigenvalue weighted by atomic mass is 9.86. The molecule has 11 heteroatoms. The molecule has 0 saturated heterocycles. The van der Waals surface area contributed by atoms with E-state index >= 15 is 0 Å². The summed E-state index contributed by atoms with van der Waals surface area (Å²) in [7, 11) is 1.24. The largest absolute Gasteiger partial charge is 0.467 e. The number of nitrogens with two attached hydrogens (primary N) is 1. The van der Waals surface area contributed by atoms with Gasteiger partial charge in [-0.1, -0.05) is 31.4 Å². The maximum Gasteiger partial charge on any atom is 0.349 e. The summed E-state index contributed by atoms with van der Waals surface area (Å²) in [5.41, 5.74) is 4.65. The number of nitrogens with one attached hydrogen (secondary N) is 2. The molecule has 2 atom stereocenters. The van der Waals surface area contributed by atoms with E-state index in [9.17, 15) is 19.2 Å².